The summed E-state index contributed by atoms with van der Waals surface area (Å²) in [4.78, 5) is 12.2. The third-order valence-electron chi connectivity index (χ3n) is 3.90. The van der Waals surface area contributed by atoms with Crippen molar-refractivity contribution in [2.24, 2.45) is 7.05 Å². The van der Waals surface area contributed by atoms with Gasteiger partial charge in [-0.1, -0.05) is 39.3 Å². The number of carbonyl (C=O) groups is 1. The maximum atomic E-state index is 12.2. The van der Waals surface area contributed by atoms with Crippen LogP contribution in [0.3, 0.4) is 0 Å². The molecule has 2 aromatic heterocycles. The molecule has 21 heavy (non-hydrogen) atoms. The Morgan fingerprint density at radius 2 is 1.43 bits per heavy atom. The molecule has 0 saturated heterocycles. The van der Waals surface area contributed by atoms with Gasteiger partial charge in [-0.2, -0.15) is 0 Å². The quantitative estimate of drug-likeness (QED) is 0.797. The van der Waals surface area contributed by atoms with Gasteiger partial charge in [-0.15, -0.1) is 0 Å². The molecule has 0 radical (unpaired) electrons. The van der Waals surface area contributed by atoms with Gasteiger partial charge in [-0.25, -0.2) is 4.79 Å². The number of ether oxygens (including phenoxy) is 1. The van der Waals surface area contributed by atoms with E-state index in [2.05, 4.69) is 57.1 Å². The van der Waals surface area contributed by atoms with Crippen LogP contribution in [0.5, 0.6) is 0 Å². The van der Waals surface area contributed by atoms with Crippen LogP contribution in [0.2, 0.25) is 39.3 Å². The Bertz CT molecular complexity index is 688. The van der Waals surface area contributed by atoms with Crippen LogP contribution in [0.15, 0.2) is 12.4 Å². The number of aryl methyl sites for hydroxylation is 1. The van der Waals surface area contributed by atoms with Crippen LogP contribution in [0, 0.1) is 0 Å². The first-order chi connectivity index (χ1) is 9.48. The van der Waals surface area contributed by atoms with Gasteiger partial charge in [0.25, 0.3) is 0 Å². The maximum absolute atomic E-state index is 12.2. The molecule has 0 saturated carbocycles. The van der Waals surface area contributed by atoms with E-state index in [4.69, 9.17) is 4.74 Å². The van der Waals surface area contributed by atoms with Gasteiger partial charge in [0.05, 0.1) is 34.3 Å². The summed E-state index contributed by atoms with van der Waals surface area (Å²) < 4.78 is 8.90. The second kappa shape index (κ2) is 4.88. The summed E-state index contributed by atoms with van der Waals surface area (Å²) in [6.07, 6.45) is 3.92. The average Bonchev–Trinajstić information content (AvgIpc) is 2.86. The smallest absolute Gasteiger partial charge is 0.418 e. The van der Waals surface area contributed by atoms with E-state index in [0.29, 0.717) is 0 Å². The van der Waals surface area contributed by atoms with Crippen LogP contribution >= 0.6 is 0 Å². The number of nitrogens with zero attached hydrogens (tertiary/aromatic N) is 2. The Balaban J connectivity index is 2.94. The number of hydrogen-bond donors (Lipinski definition) is 0. The third kappa shape index (κ3) is 2.62. The first kappa shape index (κ1) is 16.1. The topological polar surface area (TPSA) is 36.2 Å². The highest BCUT2D eigenvalue weighted by Gasteiger charge is 2.31. The van der Waals surface area contributed by atoms with Crippen LogP contribution in [-0.2, 0) is 11.8 Å². The minimum atomic E-state index is -1.55. The molecule has 0 aliphatic rings. The molecular weight excluding hydrogens is 296 g/mol. The number of methoxy groups -OCH3 is 1. The van der Waals surface area contributed by atoms with E-state index in [1.165, 1.54) is 23.0 Å². The molecule has 0 amide bonds. The SMILES string of the molecule is COC(=O)n1cc([Si](C)(C)C)c2c1c([Si](C)(C)C)cn2C. The van der Waals surface area contributed by atoms with E-state index in [1.807, 2.05) is 6.20 Å². The molecule has 6 heteroatoms. The van der Waals surface area contributed by atoms with E-state index in [9.17, 15) is 4.79 Å². The molecule has 0 fully saturated rings. The van der Waals surface area contributed by atoms with Crippen LogP contribution in [0.25, 0.3) is 11.0 Å². The minimum absolute atomic E-state index is 0.296. The van der Waals surface area contributed by atoms with Crippen molar-refractivity contribution in [1.29, 1.82) is 0 Å². The van der Waals surface area contributed by atoms with Crippen molar-refractivity contribution >= 4 is 43.6 Å². The Labute approximate surface area is 128 Å². The van der Waals surface area contributed by atoms with Crippen LogP contribution < -0.4 is 10.4 Å². The van der Waals surface area contributed by atoms with E-state index >= 15 is 0 Å². The van der Waals surface area contributed by atoms with Gasteiger partial charge in [0.1, 0.15) is 0 Å². The second-order valence-corrected chi connectivity index (χ2v) is 17.8. The summed E-state index contributed by atoms with van der Waals surface area (Å²) in [6.45, 7) is 13.9. The van der Waals surface area contributed by atoms with Crippen LogP contribution in [-0.4, -0.2) is 38.5 Å². The predicted octanol–water partition coefficient (Wildman–Crippen LogP) is 2.68. The fourth-order valence-corrected chi connectivity index (χ4v) is 5.82. The van der Waals surface area contributed by atoms with E-state index < -0.39 is 16.1 Å². The fourth-order valence-electron chi connectivity index (χ4n) is 2.77. The molecule has 116 valence electrons. The highest BCUT2D eigenvalue weighted by Crippen LogP contribution is 2.21. The van der Waals surface area contributed by atoms with Crippen molar-refractivity contribution in [3.8, 4) is 0 Å². The Hall–Kier alpha value is -1.28. The first-order valence-corrected chi connectivity index (χ1v) is 14.3. The van der Waals surface area contributed by atoms with Crippen molar-refractivity contribution in [1.82, 2.24) is 9.13 Å². The van der Waals surface area contributed by atoms with Gasteiger partial charge >= 0.3 is 6.09 Å². The Morgan fingerprint density at radius 1 is 0.952 bits per heavy atom. The lowest BCUT2D eigenvalue weighted by molar-refractivity contribution is 0.174. The van der Waals surface area contributed by atoms with E-state index in [1.54, 1.807) is 4.57 Å². The van der Waals surface area contributed by atoms with E-state index in [-0.39, 0.29) is 6.09 Å². The number of fused-ring (bicyclic) bond motifs is 1. The lowest BCUT2D eigenvalue weighted by Crippen LogP contribution is -2.38. The van der Waals surface area contributed by atoms with Gasteiger partial charge in [-0.3, -0.25) is 4.57 Å². The number of aromatic nitrogens is 2. The maximum Gasteiger partial charge on any atom is 0.418 e. The monoisotopic (exact) mass is 322 g/mol. The van der Waals surface area contributed by atoms with Crippen molar-refractivity contribution < 1.29 is 9.53 Å². The molecule has 0 spiro atoms. The van der Waals surface area contributed by atoms with Crippen LogP contribution in [0.4, 0.5) is 4.79 Å². The summed E-state index contributed by atoms with van der Waals surface area (Å²) in [7, 11) is 0.431. The number of rotatable bonds is 2. The number of carbonyl (C=O) groups excluding carboxylic acids is 1. The van der Waals surface area contributed by atoms with Gasteiger partial charge in [-0.05, 0) is 10.4 Å². The Morgan fingerprint density at radius 3 is 1.86 bits per heavy atom. The lowest BCUT2D eigenvalue weighted by atomic mass is 10.5. The molecule has 0 aromatic carbocycles. The molecule has 2 aromatic rings. The van der Waals surface area contributed by atoms with Crippen molar-refractivity contribution in [3.63, 3.8) is 0 Å². The first-order valence-electron chi connectivity index (χ1n) is 7.28. The normalized spacial score (nSPS) is 13.0. The van der Waals surface area contributed by atoms with Gasteiger partial charge in [0, 0.05) is 19.4 Å². The highest BCUT2D eigenvalue weighted by molar-refractivity contribution is 6.92. The molecule has 0 unspecified atom stereocenters. The van der Waals surface area contributed by atoms with Gasteiger partial charge < -0.3 is 9.30 Å². The molecule has 0 N–H and O–H groups in total. The molecule has 2 rings (SSSR count). The van der Waals surface area contributed by atoms with E-state index in [0.717, 1.165) is 5.52 Å². The third-order valence-corrected chi connectivity index (χ3v) is 7.86. The number of hydrogen-bond acceptors (Lipinski definition) is 2. The predicted molar refractivity (Wildman–Crippen MR) is 94.7 cm³/mol. The largest absolute Gasteiger partial charge is 0.452 e. The Kier molecular flexibility index (Phi) is 3.74. The standard InChI is InChI=1S/C15H26N2O2Si2/c1-16-9-11(20(3,4)5)14-13(16)12(21(6,7)8)10-17(14)15(18)19-2/h9-10H,1-8H3. The zero-order valence-electron chi connectivity index (χ0n) is 14.4. The van der Waals surface area contributed by atoms with Gasteiger partial charge in [0.2, 0.25) is 0 Å². The van der Waals surface area contributed by atoms with Crippen LogP contribution in [0.1, 0.15) is 0 Å². The van der Waals surface area contributed by atoms with Crippen molar-refractivity contribution in [2.75, 3.05) is 7.11 Å². The molecule has 4 nitrogen and oxygen atoms in total. The fraction of sp³-hybridized carbons (Fsp3) is 0.533. The summed E-state index contributed by atoms with van der Waals surface area (Å²) >= 11 is 0. The summed E-state index contributed by atoms with van der Waals surface area (Å²) in [5, 5.41) is 2.63. The molecule has 0 atom stereocenters. The molecule has 0 bridgehead atoms. The molecule has 0 aliphatic carbocycles. The molecule has 0 aliphatic heterocycles. The second-order valence-electron chi connectivity index (χ2n) is 7.73. The zero-order chi connectivity index (χ0) is 16.2. The summed E-state index contributed by atoms with van der Waals surface area (Å²) in [5.41, 5.74) is 2.26. The minimum Gasteiger partial charge on any atom is -0.452 e. The highest BCUT2D eigenvalue weighted by atomic mass is 28.3. The molecular formula is C15H26N2O2Si2. The summed E-state index contributed by atoms with van der Waals surface area (Å²) in [5.74, 6) is 0. The molecule has 2 heterocycles. The van der Waals surface area contributed by atoms with Crippen molar-refractivity contribution in [2.45, 2.75) is 39.3 Å². The summed E-state index contributed by atoms with van der Waals surface area (Å²) in [6, 6.07) is 0. The average molecular weight is 323 g/mol. The zero-order valence-corrected chi connectivity index (χ0v) is 16.4. The lowest BCUT2D eigenvalue weighted by Gasteiger charge is -2.15. The van der Waals surface area contributed by atoms with Gasteiger partial charge in [0.15, 0.2) is 0 Å². The van der Waals surface area contributed by atoms with Crippen molar-refractivity contribution in [3.05, 3.63) is 12.4 Å².